The third kappa shape index (κ3) is 2.72. The fraction of sp³-hybridized carbons (Fsp3) is 0.231. The number of carboxylic acids is 1. The predicted octanol–water partition coefficient (Wildman–Crippen LogP) is 1.64. The van der Waals surface area contributed by atoms with E-state index in [9.17, 15) is 13.2 Å². The highest BCUT2D eigenvalue weighted by atomic mass is 32.2. The lowest BCUT2D eigenvalue weighted by Gasteiger charge is -2.23. The highest BCUT2D eigenvalue weighted by molar-refractivity contribution is 7.90. The number of rotatable bonds is 4. The molecule has 0 aromatic heterocycles. The van der Waals surface area contributed by atoms with Gasteiger partial charge in [-0.3, -0.25) is 0 Å². The average Bonchev–Trinajstić information content (AvgIpc) is 2.41. The number of hydrogen-bond acceptors (Lipinski definition) is 4. The summed E-state index contributed by atoms with van der Waals surface area (Å²) in [5, 5.41) is 8.96. The summed E-state index contributed by atoms with van der Waals surface area (Å²) in [5.74, 6) is -0.970. The Hall–Kier alpha value is -2.15. The van der Waals surface area contributed by atoms with Gasteiger partial charge in [0.1, 0.15) is 11.2 Å². The number of benzene rings is 1. The van der Waals surface area contributed by atoms with Crippen LogP contribution in [0, 0.1) is 0 Å². The lowest BCUT2D eigenvalue weighted by Crippen LogP contribution is -2.27. The molecule has 1 aliphatic rings. The summed E-state index contributed by atoms with van der Waals surface area (Å²) in [7, 11) is -3.64. The van der Waals surface area contributed by atoms with E-state index in [-0.39, 0.29) is 17.0 Å². The molecule has 0 bridgehead atoms. The highest BCUT2D eigenvalue weighted by Gasteiger charge is 2.24. The Morgan fingerprint density at radius 2 is 2.10 bits per heavy atom. The van der Waals surface area contributed by atoms with Crippen LogP contribution in [0.25, 0.3) is 0 Å². The van der Waals surface area contributed by atoms with Crippen molar-refractivity contribution in [1.29, 1.82) is 0 Å². The number of nitrogens with zero attached hydrogens (tertiary/aromatic N) is 2. The molecule has 1 aliphatic heterocycles. The second-order valence-electron chi connectivity index (χ2n) is 4.20. The van der Waals surface area contributed by atoms with E-state index in [2.05, 4.69) is 4.40 Å². The Morgan fingerprint density at radius 1 is 1.40 bits per heavy atom. The van der Waals surface area contributed by atoms with Crippen molar-refractivity contribution >= 4 is 28.0 Å². The first-order chi connectivity index (χ1) is 9.45. The molecule has 7 heteroatoms. The van der Waals surface area contributed by atoms with Gasteiger partial charge in [-0.2, -0.15) is 8.42 Å². The molecule has 0 saturated carbocycles. The maximum Gasteiger partial charge on any atom is 0.331 e. The molecule has 0 saturated heterocycles. The molecule has 20 heavy (non-hydrogen) atoms. The summed E-state index contributed by atoms with van der Waals surface area (Å²) < 4.78 is 27.1. The second-order valence-corrected chi connectivity index (χ2v) is 5.80. The van der Waals surface area contributed by atoms with Gasteiger partial charge in [0.15, 0.2) is 0 Å². The summed E-state index contributed by atoms with van der Waals surface area (Å²) in [4.78, 5) is 12.7. The standard InChI is InChI=1S/C13H14N2O4S/c1-2-10(13(16)17)7-8-15-9-14-20(18,19)12-6-4-3-5-11(12)15/h3-7,9H,2,8H2,1H3,(H,16,17)/b10-7-. The number of para-hydroxylation sites is 1. The zero-order valence-corrected chi connectivity index (χ0v) is 11.7. The van der Waals surface area contributed by atoms with Crippen molar-refractivity contribution in [2.75, 3.05) is 11.4 Å². The Kier molecular flexibility index (Phi) is 3.89. The van der Waals surface area contributed by atoms with E-state index < -0.39 is 16.0 Å². The molecule has 0 aliphatic carbocycles. The van der Waals surface area contributed by atoms with Gasteiger partial charge in [0.2, 0.25) is 0 Å². The van der Waals surface area contributed by atoms with Crippen LogP contribution >= 0.6 is 0 Å². The molecule has 0 amide bonds. The van der Waals surface area contributed by atoms with Crippen LogP contribution in [0.3, 0.4) is 0 Å². The lowest BCUT2D eigenvalue weighted by molar-refractivity contribution is -0.132. The van der Waals surface area contributed by atoms with Crippen molar-refractivity contribution in [1.82, 2.24) is 0 Å². The molecule has 106 valence electrons. The largest absolute Gasteiger partial charge is 0.478 e. The van der Waals surface area contributed by atoms with Gasteiger partial charge < -0.3 is 10.0 Å². The minimum Gasteiger partial charge on any atom is -0.478 e. The predicted molar refractivity (Wildman–Crippen MR) is 75.5 cm³/mol. The van der Waals surface area contributed by atoms with E-state index in [1.807, 2.05) is 0 Å². The molecule has 0 spiro atoms. The Morgan fingerprint density at radius 3 is 2.75 bits per heavy atom. The van der Waals surface area contributed by atoms with Crippen LogP contribution in [-0.2, 0) is 14.8 Å². The number of fused-ring (bicyclic) bond motifs is 1. The quantitative estimate of drug-likeness (QED) is 0.853. The maximum absolute atomic E-state index is 11.8. The Balaban J connectivity index is 2.34. The van der Waals surface area contributed by atoms with Crippen LogP contribution in [0.5, 0.6) is 0 Å². The SMILES string of the molecule is CC/C(=C/CN1C=NS(=O)(=O)c2ccccc21)C(=O)O. The molecule has 0 atom stereocenters. The van der Waals surface area contributed by atoms with Crippen molar-refractivity contribution < 1.29 is 18.3 Å². The van der Waals surface area contributed by atoms with Gasteiger partial charge in [-0.25, -0.2) is 4.79 Å². The van der Waals surface area contributed by atoms with Crippen molar-refractivity contribution in [3.05, 3.63) is 35.9 Å². The molecule has 6 nitrogen and oxygen atoms in total. The number of carboxylic acid groups (broad SMARTS) is 1. The van der Waals surface area contributed by atoms with Crippen LogP contribution in [0.15, 0.2) is 45.2 Å². The Labute approximate surface area is 117 Å². The summed E-state index contributed by atoms with van der Waals surface area (Å²) in [6.45, 7) is 2.01. The van der Waals surface area contributed by atoms with Gasteiger partial charge in [0, 0.05) is 12.1 Å². The Bertz CT molecular complexity index is 692. The van der Waals surface area contributed by atoms with Crippen molar-refractivity contribution in [2.45, 2.75) is 18.2 Å². The van der Waals surface area contributed by atoms with E-state index >= 15 is 0 Å². The van der Waals surface area contributed by atoms with Gasteiger partial charge in [0.05, 0.1) is 5.69 Å². The van der Waals surface area contributed by atoms with E-state index in [0.29, 0.717) is 12.1 Å². The smallest absolute Gasteiger partial charge is 0.331 e. The second kappa shape index (κ2) is 5.46. The van der Waals surface area contributed by atoms with E-state index in [4.69, 9.17) is 5.11 Å². The number of aliphatic carboxylic acids is 1. The lowest BCUT2D eigenvalue weighted by atomic mass is 10.2. The molecule has 1 aromatic carbocycles. The van der Waals surface area contributed by atoms with Gasteiger partial charge in [0.25, 0.3) is 10.0 Å². The minimum absolute atomic E-state index is 0.129. The molecule has 1 heterocycles. The van der Waals surface area contributed by atoms with E-state index in [1.165, 1.54) is 12.4 Å². The van der Waals surface area contributed by atoms with Crippen molar-refractivity contribution in [3.63, 3.8) is 0 Å². The summed E-state index contributed by atoms with van der Waals surface area (Å²) >= 11 is 0. The highest BCUT2D eigenvalue weighted by Crippen LogP contribution is 2.29. The summed E-state index contributed by atoms with van der Waals surface area (Å²) in [6.07, 6.45) is 3.17. The van der Waals surface area contributed by atoms with Crippen LogP contribution < -0.4 is 4.90 Å². The number of sulfonamides is 1. The zero-order valence-electron chi connectivity index (χ0n) is 10.9. The molecular weight excluding hydrogens is 280 g/mol. The topological polar surface area (TPSA) is 87.0 Å². The first kappa shape index (κ1) is 14.3. The van der Waals surface area contributed by atoms with Crippen LogP contribution in [-0.4, -0.2) is 32.4 Å². The third-order valence-electron chi connectivity index (χ3n) is 2.97. The van der Waals surface area contributed by atoms with Gasteiger partial charge in [-0.05, 0) is 18.6 Å². The molecule has 0 unspecified atom stereocenters. The fourth-order valence-corrected chi connectivity index (χ4v) is 2.94. The minimum atomic E-state index is -3.64. The van der Waals surface area contributed by atoms with Gasteiger partial charge in [-0.1, -0.05) is 25.1 Å². The molecule has 1 N–H and O–H groups in total. The zero-order chi connectivity index (χ0) is 14.8. The third-order valence-corrected chi connectivity index (χ3v) is 4.24. The molecular formula is C13H14N2O4S. The first-order valence-corrected chi connectivity index (χ1v) is 7.48. The van der Waals surface area contributed by atoms with Crippen LogP contribution in [0.2, 0.25) is 0 Å². The molecule has 1 aromatic rings. The van der Waals surface area contributed by atoms with Crippen LogP contribution in [0.4, 0.5) is 5.69 Å². The summed E-state index contributed by atoms with van der Waals surface area (Å²) in [6, 6.07) is 6.50. The molecule has 0 fully saturated rings. The maximum atomic E-state index is 11.8. The monoisotopic (exact) mass is 294 g/mol. The van der Waals surface area contributed by atoms with Gasteiger partial charge in [-0.15, -0.1) is 4.40 Å². The van der Waals surface area contributed by atoms with Crippen molar-refractivity contribution in [2.24, 2.45) is 4.40 Å². The summed E-state index contributed by atoms with van der Waals surface area (Å²) in [5.41, 5.74) is 0.781. The number of carbonyl (C=O) groups is 1. The molecule has 2 rings (SSSR count). The average molecular weight is 294 g/mol. The van der Waals surface area contributed by atoms with E-state index in [1.54, 1.807) is 36.1 Å². The first-order valence-electron chi connectivity index (χ1n) is 6.04. The van der Waals surface area contributed by atoms with Crippen LogP contribution in [0.1, 0.15) is 13.3 Å². The van der Waals surface area contributed by atoms with Gasteiger partial charge >= 0.3 is 5.97 Å². The normalized spacial score (nSPS) is 16.9. The molecule has 0 radical (unpaired) electrons. The fourth-order valence-electron chi connectivity index (χ4n) is 1.89. The number of anilines is 1. The van der Waals surface area contributed by atoms with Crippen molar-refractivity contribution in [3.8, 4) is 0 Å². The van der Waals surface area contributed by atoms with E-state index in [0.717, 1.165) is 0 Å². The number of hydrogen-bond donors (Lipinski definition) is 1.